The van der Waals surface area contributed by atoms with Crippen LogP contribution in [0.15, 0.2) is 10.7 Å². The molecular weight excluding hydrogens is 292 g/mol. The van der Waals surface area contributed by atoms with Crippen molar-refractivity contribution < 1.29 is 9.32 Å². The number of hydrogen-bond acceptors (Lipinski definition) is 4. The van der Waals surface area contributed by atoms with Gasteiger partial charge in [0.25, 0.3) is 0 Å². The second kappa shape index (κ2) is 6.56. The Bertz CT molecular complexity index is 669. The molecular formula is C17H24N4O2. The van der Waals surface area contributed by atoms with Crippen molar-refractivity contribution in [2.45, 2.75) is 58.9 Å². The third-order valence-electron chi connectivity index (χ3n) is 4.79. The monoisotopic (exact) mass is 316 g/mol. The molecule has 1 saturated heterocycles. The predicted octanol–water partition coefficient (Wildman–Crippen LogP) is 3.01. The van der Waals surface area contributed by atoms with E-state index in [9.17, 15) is 4.79 Å². The number of carbonyl (C=O) groups excluding carboxylic acids is 1. The van der Waals surface area contributed by atoms with Crippen LogP contribution >= 0.6 is 0 Å². The van der Waals surface area contributed by atoms with Crippen LogP contribution in [0.4, 0.5) is 0 Å². The quantitative estimate of drug-likeness (QED) is 0.941. The van der Waals surface area contributed by atoms with Crippen molar-refractivity contribution in [3.63, 3.8) is 0 Å². The Hall–Kier alpha value is -2.11. The van der Waals surface area contributed by atoms with Crippen molar-refractivity contribution >= 4 is 5.91 Å². The maximum atomic E-state index is 12.8. The Labute approximate surface area is 136 Å². The molecule has 0 aliphatic carbocycles. The van der Waals surface area contributed by atoms with Gasteiger partial charge in [-0.15, -0.1) is 0 Å². The van der Waals surface area contributed by atoms with E-state index in [4.69, 9.17) is 4.52 Å². The molecule has 3 rings (SSSR count). The van der Waals surface area contributed by atoms with Crippen molar-refractivity contribution in [1.29, 1.82) is 0 Å². The summed E-state index contributed by atoms with van der Waals surface area (Å²) in [6, 6.07) is 0.128. The van der Waals surface area contributed by atoms with Gasteiger partial charge in [0, 0.05) is 18.5 Å². The number of hydrogen-bond donors (Lipinski definition) is 1. The molecule has 0 aromatic carbocycles. The van der Waals surface area contributed by atoms with E-state index in [1.54, 1.807) is 0 Å². The minimum absolute atomic E-state index is 0.128. The number of aromatic nitrogens is 3. The van der Waals surface area contributed by atoms with E-state index in [2.05, 4.69) is 15.4 Å². The number of nitrogens with zero attached hydrogens (tertiary/aromatic N) is 3. The van der Waals surface area contributed by atoms with Gasteiger partial charge in [0.15, 0.2) is 0 Å². The molecule has 1 atom stereocenters. The lowest BCUT2D eigenvalue weighted by molar-refractivity contribution is -0.135. The molecule has 23 heavy (non-hydrogen) atoms. The highest BCUT2D eigenvalue weighted by Gasteiger charge is 2.29. The molecule has 0 unspecified atom stereocenters. The minimum atomic E-state index is 0.128. The Balaban J connectivity index is 1.71. The van der Waals surface area contributed by atoms with Crippen LogP contribution in [0.2, 0.25) is 0 Å². The zero-order chi connectivity index (χ0) is 16.4. The zero-order valence-electron chi connectivity index (χ0n) is 14.1. The minimum Gasteiger partial charge on any atom is -0.361 e. The predicted molar refractivity (Wildman–Crippen MR) is 85.9 cm³/mol. The lowest BCUT2D eigenvalue weighted by Crippen LogP contribution is -2.39. The number of carbonyl (C=O) groups is 1. The first-order valence-corrected chi connectivity index (χ1v) is 8.29. The van der Waals surface area contributed by atoms with E-state index in [0.717, 1.165) is 54.1 Å². The molecule has 124 valence electrons. The second-order valence-electron chi connectivity index (χ2n) is 6.37. The van der Waals surface area contributed by atoms with Crippen LogP contribution in [0, 0.1) is 20.8 Å². The third-order valence-corrected chi connectivity index (χ3v) is 4.79. The molecule has 0 bridgehead atoms. The SMILES string of the molecule is Cc1cn[nH]c1[C@H]1CCCCN1C(=O)CCc1c(C)noc1C. The number of aryl methyl sites for hydroxylation is 3. The first-order valence-electron chi connectivity index (χ1n) is 8.29. The van der Waals surface area contributed by atoms with E-state index in [-0.39, 0.29) is 11.9 Å². The largest absolute Gasteiger partial charge is 0.361 e. The summed E-state index contributed by atoms with van der Waals surface area (Å²) in [5.74, 6) is 1.01. The highest BCUT2D eigenvalue weighted by Crippen LogP contribution is 2.32. The van der Waals surface area contributed by atoms with Crippen LogP contribution in [0.1, 0.15) is 60.0 Å². The summed E-state index contributed by atoms with van der Waals surface area (Å²) in [6.07, 6.45) is 6.23. The second-order valence-corrected chi connectivity index (χ2v) is 6.37. The smallest absolute Gasteiger partial charge is 0.223 e. The number of rotatable bonds is 4. The average molecular weight is 316 g/mol. The summed E-state index contributed by atoms with van der Waals surface area (Å²) < 4.78 is 5.18. The van der Waals surface area contributed by atoms with Gasteiger partial charge in [-0.1, -0.05) is 5.16 Å². The molecule has 2 aromatic heterocycles. The fourth-order valence-electron chi connectivity index (χ4n) is 3.46. The van der Waals surface area contributed by atoms with Crippen LogP contribution in [-0.4, -0.2) is 32.7 Å². The molecule has 1 fully saturated rings. The van der Waals surface area contributed by atoms with E-state index in [0.29, 0.717) is 12.8 Å². The Morgan fingerprint density at radius 1 is 1.39 bits per heavy atom. The van der Waals surface area contributed by atoms with Crippen LogP contribution in [-0.2, 0) is 11.2 Å². The van der Waals surface area contributed by atoms with Crippen molar-refractivity contribution in [1.82, 2.24) is 20.3 Å². The van der Waals surface area contributed by atoms with Gasteiger partial charge < -0.3 is 9.42 Å². The lowest BCUT2D eigenvalue weighted by atomic mass is 9.96. The van der Waals surface area contributed by atoms with Gasteiger partial charge in [0.05, 0.1) is 23.6 Å². The number of H-pyrrole nitrogens is 1. The number of likely N-dealkylation sites (tertiary alicyclic amines) is 1. The molecule has 2 aromatic rings. The van der Waals surface area contributed by atoms with Crippen LogP contribution in [0.3, 0.4) is 0 Å². The summed E-state index contributed by atoms with van der Waals surface area (Å²) in [4.78, 5) is 14.8. The van der Waals surface area contributed by atoms with Crippen molar-refractivity contribution in [2.75, 3.05) is 6.54 Å². The van der Waals surface area contributed by atoms with Crippen molar-refractivity contribution in [2.24, 2.45) is 0 Å². The highest BCUT2D eigenvalue weighted by atomic mass is 16.5. The molecule has 1 aliphatic rings. The normalized spacial score (nSPS) is 18.4. The van der Waals surface area contributed by atoms with Gasteiger partial charge in [0.2, 0.25) is 5.91 Å². The summed E-state index contributed by atoms with van der Waals surface area (Å²) >= 11 is 0. The zero-order valence-corrected chi connectivity index (χ0v) is 14.1. The first kappa shape index (κ1) is 15.8. The highest BCUT2D eigenvalue weighted by molar-refractivity contribution is 5.77. The summed E-state index contributed by atoms with van der Waals surface area (Å²) in [7, 11) is 0. The maximum Gasteiger partial charge on any atom is 0.223 e. The van der Waals surface area contributed by atoms with Gasteiger partial charge in [0.1, 0.15) is 5.76 Å². The average Bonchev–Trinajstić information content (AvgIpc) is 3.11. The number of nitrogens with one attached hydrogen (secondary N) is 1. The van der Waals surface area contributed by atoms with Gasteiger partial charge in [-0.2, -0.15) is 5.10 Å². The van der Waals surface area contributed by atoms with Gasteiger partial charge in [-0.05, 0) is 52.0 Å². The summed E-state index contributed by atoms with van der Waals surface area (Å²) in [5.41, 5.74) is 4.15. The van der Waals surface area contributed by atoms with Crippen molar-refractivity contribution in [3.05, 3.63) is 34.5 Å². The fraction of sp³-hybridized carbons (Fsp3) is 0.588. The Kier molecular flexibility index (Phi) is 4.50. The van der Waals surface area contributed by atoms with Gasteiger partial charge in [-0.3, -0.25) is 9.89 Å². The summed E-state index contributed by atoms with van der Waals surface area (Å²) in [5, 5.41) is 11.2. The van der Waals surface area contributed by atoms with Crippen molar-refractivity contribution in [3.8, 4) is 0 Å². The molecule has 0 saturated carbocycles. The molecule has 6 nitrogen and oxygen atoms in total. The fourth-order valence-corrected chi connectivity index (χ4v) is 3.46. The Morgan fingerprint density at radius 2 is 2.22 bits per heavy atom. The number of aromatic amines is 1. The Morgan fingerprint density at radius 3 is 2.87 bits per heavy atom. The van der Waals surface area contributed by atoms with E-state index in [1.165, 1.54) is 0 Å². The number of piperidine rings is 1. The molecule has 1 amide bonds. The van der Waals surface area contributed by atoms with E-state index in [1.807, 2.05) is 31.9 Å². The molecule has 1 N–H and O–H groups in total. The van der Waals surface area contributed by atoms with Gasteiger partial charge >= 0.3 is 0 Å². The first-order chi connectivity index (χ1) is 11.1. The molecule has 3 heterocycles. The van der Waals surface area contributed by atoms with Crippen LogP contribution in [0.25, 0.3) is 0 Å². The lowest BCUT2D eigenvalue weighted by Gasteiger charge is -2.35. The molecule has 0 spiro atoms. The molecule has 1 aliphatic heterocycles. The molecule has 0 radical (unpaired) electrons. The van der Waals surface area contributed by atoms with Crippen LogP contribution < -0.4 is 0 Å². The third kappa shape index (κ3) is 3.16. The topological polar surface area (TPSA) is 75.0 Å². The summed E-state index contributed by atoms with van der Waals surface area (Å²) in [6.45, 7) is 6.69. The van der Waals surface area contributed by atoms with E-state index < -0.39 is 0 Å². The standard InChI is InChI=1S/C17H24N4O2/c1-11-10-18-19-17(11)15-6-4-5-9-21(15)16(22)8-7-14-12(2)20-23-13(14)3/h10,15H,4-9H2,1-3H3,(H,18,19)/t15-/m1/s1. The number of amides is 1. The van der Waals surface area contributed by atoms with Crippen LogP contribution in [0.5, 0.6) is 0 Å². The van der Waals surface area contributed by atoms with Gasteiger partial charge in [-0.25, -0.2) is 0 Å². The molecule has 6 heteroatoms. The van der Waals surface area contributed by atoms with E-state index >= 15 is 0 Å². The maximum absolute atomic E-state index is 12.8.